The highest BCUT2D eigenvalue weighted by atomic mass is 32.1. The van der Waals surface area contributed by atoms with E-state index in [1.807, 2.05) is 29.8 Å². The molecule has 5 aromatic heterocycles. The van der Waals surface area contributed by atoms with Crippen molar-refractivity contribution in [3.8, 4) is 10.4 Å². The van der Waals surface area contributed by atoms with Crippen LogP contribution in [0.4, 0.5) is 0 Å². The molecule has 0 aliphatic carbocycles. The molecule has 0 saturated heterocycles. The molecule has 0 bridgehead atoms. The first-order valence-corrected chi connectivity index (χ1v) is 10.8. The number of aromatic nitrogens is 6. The third kappa shape index (κ3) is 2.55. The Balaban J connectivity index is 1.70. The van der Waals surface area contributed by atoms with Gasteiger partial charge < -0.3 is 9.55 Å². The molecule has 0 amide bonds. The number of imidazole rings is 1. The lowest BCUT2D eigenvalue weighted by Crippen LogP contribution is -2.37. The summed E-state index contributed by atoms with van der Waals surface area (Å²) in [5.74, 6) is 0.419. The lowest BCUT2D eigenvalue weighted by atomic mass is 10.2. The number of H-pyrrole nitrogens is 1. The van der Waals surface area contributed by atoms with Gasteiger partial charge in [-0.3, -0.25) is 18.7 Å². The molecule has 1 unspecified atom stereocenters. The van der Waals surface area contributed by atoms with E-state index >= 15 is 0 Å². The molecule has 0 spiro atoms. The number of aromatic amines is 1. The Morgan fingerprint density at radius 1 is 1.13 bits per heavy atom. The Labute approximate surface area is 176 Å². The van der Waals surface area contributed by atoms with Crippen molar-refractivity contribution in [3.63, 3.8) is 0 Å². The van der Waals surface area contributed by atoms with Gasteiger partial charge in [-0.05, 0) is 18.4 Å². The minimum absolute atomic E-state index is 0.226. The van der Waals surface area contributed by atoms with E-state index < -0.39 is 17.3 Å². The molecule has 152 valence electrons. The summed E-state index contributed by atoms with van der Waals surface area (Å²) in [6.45, 7) is 1.82. The Kier molecular flexibility index (Phi) is 4.12. The molecule has 11 heteroatoms. The van der Waals surface area contributed by atoms with Gasteiger partial charge in [0.2, 0.25) is 0 Å². The van der Waals surface area contributed by atoms with Crippen LogP contribution >= 0.6 is 22.7 Å². The van der Waals surface area contributed by atoms with Crippen LogP contribution in [0.25, 0.3) is 31.8 Å². The summed E-state index contributed by atoms with van der Waals surface area (Å²) in [7, 11) is 2.99. The Hall–Kier alpha value is -3.31. The summed E-state index contributed by atoms with van der Waals surface area (Å²) in [6.07, 6.45) is 1.49. The number of nitrogens with zero attached hydrogens (tertiary/aromatic N) is 5. The number of nitrogens with one attached hydrogen (secondary N) is 1. The van der Waals surface area contributed by atoms with Crippen LogP contribution in [0.15, 0.2) is 43.6 Å². The molecular formula is C19H16N6O3S2. The van der Waals surface area contributed by atoms with Crippen molar-refractivity contribution in [2.75, 3.05) is 0 Å². The van der Waals surface area contributed by atoms with Crippen molar-refractivity contribution in [3.05, 3.63) is 66.2 Å². The van der Waals surface area contributed by atoms with Crippen LogP contribution < -0.4 is 16.8 Å². The maximum absolute atomic E-state index is 12.9. The van der Waals surface area contributed by atoms with Crippen LogP contribution in [0.1, 0.15) is 18.8 Å². The third-order valence-corrected chi connectivity index (χ3v) is 7.01. The fourth-order valence-corrected chi connectivity index (χ4v) is 5.34. The fourth-order valence-electron chi connectivity index (χ4n) is 3.57. The average Bonchev–Trinajstić information content (AvgIpc) is 3.48. The zero-order valence-electron chi connectivity index (χ0n) is 16.2. The van der Waals surface area contributed by atoms with E-state index in [0.29, 0.717) is 16.0 Å². The van der Waals surface area contributed by atoms with Crippen LogP contribution in [0.2, 0.25) is 0 Å². The predicted octanol–water partition coefficient (Wildman–Crippen LogP) is 2.07. The van der Waals surface area contributed by atoms with E-state index in [-0.39, 0.29) is 16.7 Å². The van der Waals surface area contributed by atoms with Crippen LogP contribution in [-0.2, 0) is 14.1 Å². The van der Waals surface area contributed by atoms with Gasteiger partial charge in [-0.15, -0.1) is 22.7 Å². The molecule has 0 aromatic carbocycles. The topological polar surface area (TPSA) is 108 Å². The maximum Gasteiger partial charge on any atom is 0.332 e. The number of rotatable bonds is 3. The van der Waals surface area contributed by atoms with Gasteiger partial charge in [-0.1, -0.05) is 6.07 Å². The molecule has 5 rings (SSSR count). The van der Waals surface area contributed by atoms with Crippen molar-refractivity contribution < 1.29 is 0 Å². The second kappa shape index (κ2) is 6.61. The average molecular weight is 441 g/mol. The van der Waals surface area contributed by atoms with Gasteiger partial charge in [0.15, 0.2) is 11.2 Å². The Morgan fingerprint density at radius 2 is 1.93 bits per heavy atom. The molecule has 5 heterocycles. The zero-order chi connectivity index (χ0) is 21.2. The molecule has 0 radical (unpaired) electrons. The van der Waals surface area contributed by atoms with Gasteiger partial charge in [0.1, 0.15) is 10.7 Å². The number of aryl methyl sites for hydroxylation is 1. The van der Waals surface area contributed by atoms with Crippen LogP contribution in [0.3, 0.4) is 0 Å². The Morgan fingerprint density at radius 3 is 2.67 bits per heavy atom. The number of fused-ring (bicyclic) bond motifs is 2. The predicted molar refractivity (Wildman–Crippen MR) is 118 cm³/mol. The Bertz CT molecular complexity index is 1600. The van der Waals surface area contributed by atoms with Crippen molar-refractivity contribution >= 4 is 44.1 Å². The van der Waals surface area contributed by atoms with E-state index in [1.54, 1.807) is 23.0 Å². The first kappa shape index (κ1) is 18.7. The lowest BCUT2D eigenvalue weighted by Gasteiger charge is -2.14. The molecule has 30 heavy (non-hydrogen) atoms. The number of hydrogen-bond acceptors (Lipinski definition) is 7. The van der Waals surface area contributed by atoms with E-state index in [4.69, 9.17) is 0 Å². The minimum atomic E-state index is -0.468. The minimum Gasteiger partial charge on any atom is -0.314 e. The van der Waals surface area contributed by atoms with Gasteiger partial charge in [0.05, 0.1) is 17.8 Å². The first-order chi connectivity index (χ1) is 14.4. The largest absolute Gasteiger partial charge is 0.332 e. The van der Waals surface area contributed by atoms with Gasteiger partial charge in [0, 0.05) is 29.9 Å². The normalized spacial score (nSPS) is 12.8. The van der Waals surface area contributed by atoms with E-state index in [0.717, 1.165) is 15.0 Å². The quantitative estimate of drug-likeness (QED) is 0.462. The highest BCUT2D eigenvalue weighted by Gasteiger charge is 2.21. The molecule has 1 N–H and O–H groups in total. The summed E-state index contributed by atoms with van der Waals surface area (Å²) in [6, 6.07) is 3.45. The van der Waals surface area contributed by atoms with E-state index in [1.165, 1.54) is 29.3 Å². The zero-order valence-corrected chi connectivity index (χ0v) is 17.9. The molecule has 0 fully saturated rings. The van der Waals surface area contributed by atoms with Crippen molar-refractivity contribution in [1.82, 2.24) is 28.7 Å². The molecule has 0 saturated carbocycles. The number of hydrogen-bond donors (Lipinski definition) is 1. The van der Waals surface area contributed by atoms with Gasteiger partial charge >= 0.3 is 5.69 Å². The molecule has 1 atom stereocenters. The molecule has 0 aliphatic heterocycles. The number of thiophene rings is 2. The summed E-state index contributed by atoms with van der Waals surface area (Å²) in [4.78, 5) is 51.2. The highest BCUT2D eigenvalue weighted by molar-refractivity contribution is 7.18. The van der Waals surface area contributed by atoms with Crippen LogP contribution in [-0.4, -0.2) is 28.7 Å². The molecule has 9 nitrogen and oxygen atoms in total. The molecule has 0 aliphatic rings. The summed E-state index contributed by atoms with van der Waals surface area (Å²) < 4.78 is 4.00. The second-order valence-corrected chi connectivity index (χ2v) is 8.77. The smallest absolute Gasteiger partial charge is 0.314 e. The van der Waals surface area contributed by atoms with Gasteiger partial charge in [0.25, 0.3) is 11.1 Å². The third-order valence-electron chi connectivity index (χ3n) is 5.24. The maximum atomic E-state index is 12.9. The lowest BCUT2D eigenvalue weighted by molar-refractivity contribution is 0.610. The van der Waals surface area contributed by atoms with Crippen molar-refractivity contribution in [2.45, 2.75) is 13.0 Å². The van der Waals surface area contributed by atoms with Crippen molar-refractivity contribution in [2.24, 2.45) is 14.1 Å². The monoisotopic (exact) mass is 440 g/mol. The van der Waals surface area contributed by atoms with Crippen molar-refractivity contribution in [1.29, 1.82) is 0 Å². The van der Waals surface area contributed by atoms with Gasteiger partial charge in [-0.25, -0.2) is 14.8 Å². The standard InChI is InChI=1S/C19H16N6O3S2/c1-9(25-8-20-15-13(25)18(27)24(3)19(28)23(15)2)14-21-16(26)12-10(7-30-17(12)22-14)11-5-4-6-29-11/h4-9H,1-3H3,(H,21,22,26). The second-order valence-electron chi connectivity index (χ2n) is 6.96. The fraction of sp³-hybridized carbons (Fsp3) is 0.211. The summed E-state index contributed by atoms with van der Waals surface area (Å²) in [5, 5.41) is 4.47. The van der Waals surface area contributed by atoms with Crippen LogP contribution in [0, 0.1) is 0 Å². The molecular weight excluding hydrogens is 424 g/mol. The van der Waals surface area contributed by atoms with E-state index in [9.17, 15) is 14.4 Å². The highest BCUT2D eigenvalue weighted by Crippen LogP contribution is 2.34. The van der Waals surface area contributed by atoms with Gasteiger partial charge in [-0.2, -0.15) is 0 Å². The SMILES string of the molecule is CC(c1nc2scc(-c3cccs3)c2c(=O)[nH]1)n1cnc2c1c(=O)n(C)c(=O)n2C. The molecule has 5 aromatic rings. The first-order valence-electron chi connectivity index (χ1n) is 9.06. The van der Waals surface area contributed by atoms with Crippen LogP contribution in [0.5, 0.6) is 0 Å². The van der Waals surface area contributed by atoms with E-state index in [2.05, 4.69) is 15.0 Å². The summed E-state index contributed by atoms with van der Waals surface area (Å²) >= 11 is 2.98. The summed E-state index contributed by atoms with van der Waals surface area (Å²) in [5.41, 5.74) is 0.316.